The fourth-order valence-electron chi connectivity index (χ4n) is 9.90. The number of rotatable bonds is 14. The summed E-state index contributed by atoms with van der Waals surface area (Å²) >= 11 is 0. The summed E-state index contributed by atoms with van der Waals surface area (Å²) in [4.78, 5) is 22.8. The van der Waals surface area contributed by atoms with Gasteiger partial charge in [0.15, 0.2) is 29.2 Å². The topological polar surface area (TPSA) is 186 Å². The van der Waals surface area contributed by atoms with Crippen LogP contribution in [-0.2, 0) is 51.6 Å². The minimum absolute atomic E-state index is 0.0346. The maximum atomic E-state index is 14.7. The molecular formula is C47H92N2O14Si2. The second-order valence-electron chi connectivity index (χ2n) is 22.7. The molecule has 65 heavy (non-hydrogen) atoms. The molecule has 0 amide bonds. The molecular weight excluding hydrogens is 873 g/mol. The Hall–Kier alpha value is -1.11. The largest absolute Gasteiger partial charge is 0.459 e. The molecule has 0 spiro atoms. The maximum absolute atomic E-state index is 14.7. The van der Waals surface area contributed by atoms with Crippen LogP contribution in [0.2, 0.25) is 39.3 Å². The van der Waals surface area contributed by atoms with Crippen LogP contribution in [-0.4, -0.2) is 167 Å². The summed E-state index contributed by atoms with van der Waals surface area (Å²) in [5.74, 6) is -5.02. The molecule has 3 aliphatic rings. The van der Waals surface area contributed by atoms with E-state index in [4.69, 9.17) is 46.8 Å². The van der Waals surface area contributed by atoms with Crippen LogP contribution in [0.1, 0.15) is 109 Å². The molecule has 18 heteroatoms. The second-order valence-corrected chi connectivity index (χ2v) is 31.6. The first-order valence-electron chi connectivity index (χ1n) is 23.9. The van der Waals surface area contributed by atoms with Crippen molar-refractivity contribution in [2.24, 2.45) is 28.8 Å². The molecule has 3 fully saturated rings. The molecule has 16 nitrogen and oxygen atoms in total. The lowest BCUT2D eigenvalue weighted by Crippen LogP contribution is -2.62. The van der Waals surface area contributed by atoms with Crippen LogP contribution in [0.5, 0.6) is 0 Å². The normalized spacial score (nSPS) is 43.0. The highest BCUT2D eigenvalue weighted by molar-refractivity contribution is 6.70. The van der Waals surface area contributed by atoms with Gasteiger partial charge in [0.05, 0.1) is 59.5 Å². The Bertz CT molecular complexity index is 1550. The number of likely N-dealkylation sites (N-methyl/N-ethyl adjacent to an activating group) is 1. The Morgan fingerprint density at radius 1 is 0.846 bits per heavy atom. The Morgan fingerprint density at radius 2 is 1.43 bits per heavy atom. The van der Waals surface area contributed by atoms with Crippen molar-refractivity contribution in [1.29, 1.82) is 0 Å². The minimum atomic E-state index is -2.22. The zero-order valence-corrected chi connectivity index (χ0v) is 46.2. The van der Waals surface area contributed by atoms with E-state index >= 15 is 0 Å². The second kappa shape index (κ2) is 22.3. The zero-order valence-electron chi connectivity index (χ0n) is 44.2. The minimum Gasteiger partial charge on any atom is -0.459 e. The van der Waals surface area contributed by atoms with Crippen LogP contribution in [0, 0.1) is 23.7 Å². The van der Waals surface area contributed by atoms with Gasteiger partial charge in [-0.05, 0) is 114 Å². The van der Waals surface area contributed by atoms with Crippen LogP contribution in [0.3, 0.4) is 0 Å². The molecule has 0 saturated carbocycles. The molecule has 0 aromatic carbocycles. The predicted molar refractivity (Wildman–Crippen MR) is 255 cm³/mol. The maximum Gasteiger partial charge on any atom is 0.311 e. The van der Waals surface area contributed by atoms with E-state index in [1.165, 1.54) is 14.0 Å². The number of cyclic esters (lactones) is 1. The lowest BCUT2D eigenvalue weighted by molar-refractivity contribution is -0.315. The summed E-state index contributed by atoms with van der Waals surface area (Å²) in [6, 6.07) is -0.0783. The van der Waals surface area contributed by atoms with E-state index in [-0.39, 0.29) is 31.4 Å². The van der Waals surface area contributed by atoms with Crippen LogP contribution in [0.15, 0.2) is 5.16 Å². The molecule has 18 atom stereocenters. The molecule has 0 aromatic heterocycles. The lowest BCUT2D eigenvalue weighted by Gasteiger charge is -2.51. The van der Waals surface area contributed by atoms with E-state index in [0.29, 0.717) is 12.1 Å². The van der Waals surface area contributed by atoms with Gasteiger partial charge >= 0.3 is 5.97 Å². The van der Waals surface area contributed by atoms with Crippen LogP contribution in [0.4, 0.5) is 0 Å². The van der Waals surface area contributed by atoms with E-state index < -0.39 is 124 Å². The third-order valence-corrected chi connectivity index (χ3v) is 15.6. The van der Waals surface area contributed by atoms with Gasteiger partial charge in [-0.15, -0.1) is 0 Å². The molecule has 0 aliphatic carbocycles. The third-order valence-electron chi connectivity index (χ3n) is 13.6. The summed E-state index contributed by atoms with van der Waals surface area (Å²) in [5, 5.41) is 42.0. The number of esters is 1. The molecule has 3 aliphatic heterocycles. The number of aliphatic hydroxyl groups is 3. The molecule has 3 saturated heterocycles. The first kappa shape index (κ1) is 58.2. The van der Waals surface area contributed by atoms with Crippen molar-refractivity contribution in [2.45, 2.75) is 238 Å². The Morgan fingerprint density at radius 3 is 1.94 bits per heavy atom. The van der Waals surface area contributed by atoms with E-state index in [1.807, 2.05) is 48.7 Å². The quantitative estimate of drug-likeness (QED) is 0.0724. The number of ether oxygens (including phenoxy) is 7. The Kier molecular flexibility index (Phi) is 20.0. The highest BCUT2D eigenvalue weighted by Gasteiger charge is 2.55. The van der Waals surface area contributed by atoms with Crippen molar-refractivity contribution in [3.8, 4) is 0 Å². The van der Waals surface area contributed by atoms with E-state index in [1.54, 1.807) is 48.7 Å². The van der Waals surface area contributed by atoms with Gasteiger partial charge in [-0.1, -0.05) is 32.9 Å². The lowest BCUT2D eigenvalue weighted by atomic mass is 9.73. The van der Waals surface area contributed by atoms with Gasteiger partial charge in [0.25, 0.3) is 0 Å². The summed E-state index contributed by atoms with van der Waals surface area (Å²) < 4.78 is 59.1. The summed E-state index contributed by atoms with van der Waals surface area (Å²) in [7, 11) is 2.90. The fraction of sp³-hybridized carbons (Fsp3) is 0.957. The van der Waals surface area contributed by atoms with Crippen molar-refractivity contribution in [2.75, 3.05) is 28.3 Å². The number of carbonyl (C=O) groups excluding carboxylic acids is 1. The number of hydrogen-bond acceptors (Lipinski definition) is 16. The molecule has 0 radical (unpaired) electrons. The molecule has 0 unspecified atom stereocenters. The van der Waals surface area contributed by atoms with Gasteiger partial charge in [0.2, 0.25) is 5.79 Å². The first-order valence-corrected chi connectivity index (χ1v) is 30.7. The van der Waals surface area contributed by atoms with Crippen molar-refractivity contribution in [3.05, 3.63) is 0 Å². The third kappa shape index (κ3) is 15.0. The average Bonchev–Trinajstić information content (AvgIpc) is 3.17. The highest BCUT2D eigenvalue weighted by Crippen LogP contribution is 2.42. The number of aliphatic hydroxyl groups excluding tert-OH is 1. The van der Waals surface area contributed by atoms with Crippen LogP contribution in [0.25, 0.3) is 0 Å². The van der Waals surface area contributed by atoms with Crippen LogP contribution < -0.4 is 0 Å². The van der Waals surface area contributed by atoms with Crippen molar-refractivity contribution < 1.29 is 67.0 Å². The number of hydrogen-bond donors (Lipinski definition) is 3. The number of methoxy groups -OCH3 is 2. The van der Waals surface area contributed by atoms with Gasteiger partial charge in [-0.3, -0.25) is 4.79 Å². The summed E-state index contributed by atoms with van der Waals surface area (Å²) in [5.41, 5.74) is -4.12. The van der Waals surface area contributed by atoms with E-state index in [2.05, 4.69) is 49.3 Å². The zero-order chi connectivity index (χ0) is 50.0. The molecule has 382 valence electrons. The van der Waals surface area contributed by atoms with Crippen LogP contribution >= 0.6 is 0 Å². The summed E-state index contributed by atoms with van der Waals surface area (Å²) in [6.07, 6.45) is -6.97. The van der Waals surface area contributed by atoms with Crippen molar-refractivity contribution in [3.63, 3.8) is 0 Å². The first-order chi connectivity index (χ1) is 29.5. The fourth-order valence-corrected chi connectivity index (χ4v) is 12.2. The smallest absolute Gasteiger partial charge is 0.311 e. The molecule has 3 N–H and O–H groups in total. The van der Waals surface area contributed by atoms with Gasteiger partial charge < -0.3 is 67.1 Å². The summed E-state index contributed by atoms with van der Waals surface area (Å²) in [6.45, 7) is 34.2. The standard InChI is InChI=1S/C47H92N2O14Si2/c1-23-34-47(12,53)39(50)29(4)36(48-63-44(8,9)54-15)27(2)25-45(10,52)40(60-43-38(61-64(17,18)19)33(49(13)14)24-28(3)56-43)30(5)37(31(6)42(51)58-34)59-35-26-46(11,55-16)41(32(7)57-35)62-65(20,21)22/h27-35,37-41,43,50,52-53H,23-26H2,1-22H3/t27-,28-,29+,30-,31-,32+,33+,34-,35+,37+,38-,39+,40-,41+,43+,45-,46-,47-/m1/s1. The predicted octanol–water partition coefficient (Wildman–Crippen LogP) is 6.69. The van der Waals surface area contributed by atoms with Crippen molar-refractivity contribution >= 4 is 28.3 Å². The average molecular weight is 965 g/mol. The molecule has 3 heterocycles. The molecule has 0 bridgehead atoms. The van der Waals surface area contributed by atoms with Gasteiger partial charge in [0, 0.05) is 58.3 Å². The van der Waals surface area contributed by atoms with Gasteiger partial charge in [-0.25, -0.2) is 0 Å². The Labute approximate surface area is 394 Å². The number of carbonyl (C=O) groups is 1. The number of nitrogens with zero attached hydrogens (tertiary/aromatic N) is 2. The SMILES string of the molecule is CC[C@H]1OC(=O)[C@H](C)[C@@H](O[C@H]2C[C@@](C)(OC)[C@@H](O[Si](C)(C)C)[C@H](C)O2)[C@@H](C)[C@@H](O[C@@H]2O[C@H](C)C[C@H](N(C)C)[C@H]2O[Si](C)(C)C)[C@](C)(O)C[C@@H](C)C(=NOC(C)(C)OC)[C@H](C)[C@H](O)[C@]1(C)O. The molecule has 3 rings (SSSR count). The monoisotopic (exact) mass is 965 g/mol. The highest BCUT2D eigenvalue weighted by atomic mass is 28.4. The molecule has 0 aromatic rings. The van der Waals surface area contributed by atoms with E-state index in [0.717, 1.165) is 0 Å². The van der Waals surface area contributed by atoms with Crippen molar-refractivity contribution in [1.82, 2.24) is 4.90 Å². The van der Waals surface area contributed by atoms with Gasteiger partial charge in [-0.2, -0.15) is 0 Å². The van der Waals surface area contributed by atoms with E-state index in [9.17, 15) is 20.1 Å². The van der Waals surface area contributed by atoms with Gasteiger partial charge in [0.1, 0.15) is 17.8 Å². The number of oxime groups is 1. The Balaban J connectivity index is 2.35.